The van der Waals surface area contributed by atoms with Gasteiger partial charge in [-0.2, -0.15) is 4.98 Å². The number of rotatable bonds is 5. The largest absolute Gasteiger partial charge is 0.530 e. The zero-order valence-corrected chi connectivity index (χ0v) is 19.2. The number of aromatic amines is 1. The van der Waals surface area contributed by atoms with E-state index in [1.54, 1.807) is 18.2 Å². The van der Waals surface area contributed by atoms with Gasteiger partial charge < -0.3 is 30.3 Å². The number of hydrogen-bond donors (Lipinski definition) is 5. The van der Waals surface area contributed by atoms with E-state index in [1.807, 2.05) is 0 Å². The highest BCUT2D eigenvalue weighted by Gasteiger charge is 2.65. The molecule has 13 nitrogen and oxygen atoms in total. The topological polar surface area (TPSA) is 191 Å². The normalized spacial score (nSPS) is 31.6. The van der Waals surface area contributed by atoms with Crippen molar-refractivity contribution in [2.45, 2.75) is 30.4 Å². The molecule has 1 saturated heterocycles. The van der Waals surface area contributed by atoms with Crippen LogP contribution in [0, 0.1) is 12.3 Å². The summed E-state index contributed by atoms with van der Waals surface area (Å²) in [4.78, 5) is 18.7. The van der Waals surface area contributed by atoms with E-state index in [-0.39, 0.29) is 34.9 Å². The quantitative estimate of drug-likeness (QED) is 0.225. The van der Waals surface area contributed by atoms with Crippen molar-refractivity contribution in [3.63, 3.8) is 0 Å². The Kier molecular flexibility index (Phi) is 5.69. The fraction of sp³-hybridized carbons (Fsp3) is 0.333. The summed E-state index contributed by atoms with van der Waals surface area (Å²) in [5, 5.41) is 31.5. The number of terminal acetylenes is 1. The van der Waals surface area contributed by atoms with Crippen LogP contribution in [-0.2, 0) is 30.7 Å². The molecule has 2 aliphatic heterocycles. The standard InChI is InChI=1S/C21H20FN4O9P/c1-2-11-7-26(17-14(11)18(30)25-19(23)24-17)21(9-27)16(29)15(28)20(22,35-21)10-33-36(31)32-8-12-5-3-4-6-13(12)34-36/h1,3-7,15-16,27-29H,8-10H2,(H3,23,24,25,30)/t15-,16+,20+,21+,36?/m0/s1. The number of aromatic nitrogens is 3. The number of nitrogens with two attached hydrogens (primary N) is 1. The Morgan fingerprint density at radius 2 is 2.14 bits per heavy atom. The highest BCUT2D eigenvalue weighted by Crippen LogP contribution is 2.56. The number of ether oxygens (including phenoxy) is 1. The van der Waals surface area contributed by atoms with Crippen molar-refractivity contribution in [1.82, 2.24) is 14.5 Å². The number of fused-ring (bicyclic) bond motifs is 2. The Bertz CT molecular complexity index is 1500. The molecule has 0 bridgehead atoms. The summed E-state index contributed by atoms with van der Waals surface area (Å²) in [6.07, 6.45) is 2.10. The molecule has 0 saturated carbocycles. The maximum Gasteiger partial charge on any atom is 0.530 e. The van der Waals surface area contributed by atoms with Crippen LogP contribution in [0.2, 0.25) is 0 Å². The van der Waals surface area contributed by atoms with Crippen molar-refractivity contribution in [3.05, 3.63) is 51.9 Å². The zero-order valence-electron chi connectivity index (χ0n) is 18.3. The fourth-order valence-corrected chi connectivity index (χ4v) is 5.42. The molecule has 5 atom stereocenters. The van der Waals surface area contributed by atoms with E-state index in [4.69, 9.17) is 30.5 Å². The van der Waals surface area contributed by atoms with E-state index in [2.05, 4.69) is 15.9 Å². The fourth-order valence-electron chi connectivity index (χ4n) is 4.19. The number of nitrogens with one attached hydrogen (secondary N) is 1. The van der Waals surface area contributed by atoms with E-state index >= 15 is 4.39 Å². The second-order valence-corrected chi connectivity index (χ2v) is 9.77. The number of aliphatic hydroxyl groups is 3. The molecule has 190 valence electrons. The van der Waals surface area contributed by atoms with Crippen LogP contribution in [0.1, 0.15) is 11.1 Å². The Morgan fingerprint density at radius 1 is 1.39 bits per heavy atom. The van der Waals surface area contributed by atoms with Gasteiger partial charge in [-0.1, -0.05) is 24.1 Å². The van der Waals surface area contributed by atoms with Crippen molar-refractivity contribution in [3.8, 4) is 18.1 Å². The third-order valence-corrected chi connectivity index (χ3v) is 7.30. The van der Waals surface area contributed by atoms with Gasteiger partial charge in [0.1, 0.15) is 24.6 Å². The van der Waals surface area contributed by atoms with Gasteiger partial charge in [-0.3, -0.25) is 23.4 Å². The summed E-state index contributed by atoms with van der Waals surface area (Å²) < 4.78 is 50.6. The monoisotopic (exact) mass is 522 g/mol. The number of nitrogen functional groups attached to an aromatic ring is 1. The van der Waals surface area contributed by atoms with Crippen molar-refractivity contribution >= 4 is 24.8 Å². The number of phosphoric ester groups is 1. The van der Waals surface area contributed by atoms with Crippen LogP contribution in [-0.4, -0.2) is 61.1 Å². The maximum absolute atomic E-state index is 15.9. The van der Waals surface area contributed by atoms with Crippen LogP contribution in [0.3, 0.4) is 0 Å². The summed E-state index contributed by atoms with van der Waals surface area (Å²) in [6, 6.07) is 6.52. The molecule has 36 heavy (non-hydrogen) atoms. The van der Waals surface area contributed by atoms with Crippen LogP contribution in [0.15, 0.2) is 35.3 Å². The highest BCUT2D eigenvalue weighted by molar-refractivity contribution is 7.49. The number of phosphoric acid groups is 1. The van der Waals surface area contributed by atoms with E-state index in [0.29, 0.717) is 5.56 Å². The minimum absolute atomic E-state index is 0.0309. The van der Waals surface area contributed by atoms with E-state index in [1.165, 1.54) is 6.07 Å². The minimum Gasteiger partial charge on any atom is -0.404 e. The number of nitrogens with zero attached hydrogens (tertiary/aromatic N) is 2. The Morgan fingerprint density at radius 3 is 2.86 bits per heavy atom. The van der Waals surface area contributed by atoms with Gasteiger partial charge in [-0.15, -0.1) is 6.42 Å². The van der Waals surface area contributed by atoms with Crippen molar-refractivity contribution < 1.29 is 42.6 Å². The van der Waals surface area contributed by atoms with Crippen molar-refractivity contribution in [2.75, 3.05) is 18.9 Å². The van der Waals surface area contributed by atoms with Crippen LogP contribution in [0.4, 0.5) is 10.3 Å². The number of para-hydroxylation sites is 1. The predicted octanol–water partition coefficient (Wildman–Crippen LogP) is 0.0849. The number of H-pyrrole nitrogens is 1. The molecule has 0 amide bonds. The molecule has 3 aromatic rings. The lowest BCUT2D eigenvalue weighted by molar-refractivity contribution is -0.252. The van der Waals surface area contributed by atoms with Crippen LogP contribution in [0.5, 0.6) is 5.75 Å². The van der Waals surface area contributed by atoms with Crippen molar-refractivity contribution in [2.24, 2.45) is 0 Å². The Hall–Kier alpha value is -3.28. The van der Waals surface area contributed by atoms with Crippen LogP contribution < -0.4 is 15.8 Å². The Balaban J connectivity index is 1.49. The minimum atomic E-state index is -4.35. The number of alkyl halides is 1. The first kappa shape index (κ1) is 24.4. The predicted molar refractivity (Wildman–Crippen MR) is 120 cm³/mol. The molecule has 5 rings (SSSR count). The molecule has 4 heterocycles. The summed E-state index contributed by atoms with van der Waals surface area (Å²) in [7, 11) is -4.35. The Labute approximate surface area is 201 Å². The second-order valence-electron chi connectivity index (χ2n) is 8.18. The average molecular weight is 522 g/mol. The SMILES string of the molecule is C#Cc1cn([C@]2(CO)O[C@](F)(COP3(=O)OCc4ccccc4O3)[C@@H](O)[C@H]2O)c2nc(N)[nH]c(=O)c12. The van der Waals surface area contributed by atoms with Gasteiger partial charge in [0.2, 0.25) is 11.7 Å². The number of anilines is 1. The first-order valence-electron chi connectivity index (χ1n) is 10.5. The molecule has 15 heteroatoms. The molecular formula is C21H20FN4O9P. The number of halogens is 1. The van der Waals surface area contributed by atoms with Crippen LogP contribution in [0.25, 0.3) is 11.0 Å². The highest BCUT2D eigenvalue weighted by atomic mass is 31.2. The van der Waals surface area contributed by atoms with Gasteiger partial charge in [0.15, 0.2) is 5.65 Å². The van der Waals surface area contributed by atoms with Gasteiger partial charge in [0.25, 0.3) is 11.4 Å². The van der Waals surface area contributed by atoms with Gasteiger partial charge >= 0.3 is 7.82 Å². The molecule has 1 fully saturated rings. The number of benzene rings is 1. The summed E-state index contributed by atoms with van der Waals surface area (Å²) >= 11 is 0. The molecule has 0 radical (unpaired) electrons. The zero-order chi connectivity index (χ0) is 25.9. The molecule has 2 aliphatic rings. The van der Waals surface area contributed by atoms with E-state index < -0.39 is 50.4 Å². The number of aliphatic hydroxyl groups excluding tert-OH is 3. The lowest BCUT2D eigenvalue weighted by atomic mass is 10.0. The average Bonchev–Trinajstić information content (AvgIpc) is 3.33. The van der Waals surface area contributed by atoms with E-state index in [0.717, 1.165) is 10.8 Å². The van der Waals surface area contributed by atoms with Gasteiger partial charge in [-0.05, 0) is 6.07 Å². The lowest BCUT2D eigenvalue weighted by Crippen LogP contribution is -2.48. The summed E-state index contributed by atoms with van der Waals surface area (Å²) in [5.41, 5.74) is 2.75. The molecule has 6 N–H and O–H groups in total. The molecule has 0 aliphatic carbocycles. The molecule has 2 aromatic heterocycles. The molecular weight excluding hydrogens is 502 g/mol. The van der Waals surface area contributed by atoms with E-state index in [9.17, 15) is 24.7 Å². The summed E-state index contributed by atoms with van der Waals surface area (Å²) in [5.74, 6) is -1.12. The maximum atomic E-state index is 15.9. The molecule has 1 aromatic carbocycles. The van der Waals surface area contributed by atoms with Crippen molar-refractivity contribution in [1.29, 1.82) is 0 Å². The number of hydrogen-bond acceptors (Lipinski definition) is 11. The third kappa shape index (κ3) is 3.61. The van der Waals surface area contributed by atoms with Gasteiger partial charge in [0, 0.05) is 11.8 Å². The smallest absolute Gasteiger partial charge is 0.404 e. The first-order chi connectivity index (χ1) is 17.1. The molecule has 1 unspecified atom stereocenters. The molecule has 0 spiro atoms. The van der Waals surface area contributed by atoms with Gasteiger partial charge in [-0.25, -0.2) is 8.96 Å². The van der Waals surface area contributed by atoms with Crippen LogP contribution >= 0.6 is 7.82 Å². The second kappa shape index (κ2) is 8.39. The lowest BCUT2D eigenvalue weighted by Gasteiger charge is -2.32. The first-order valence-corrected chi connectivity index (χ1v) is 11.9. The van der Waals surface area contributed by atoms with Gasteiger partial charge in [0.05, 0.1) is 24.2 Å². The summed E-state index contributed by atoms with van der Waals surface area (Å²) in [6.45, 7) is -2.49. The third-order valence-electron chi connectivity index (χ3n) is 5.99.